The van der Waals surface area contributed by atoms with Crippen LogP contribution < -0.4 is 9.47 Å². The molecule has 32 heavy (non-hydrogen) atoms. The lowest BCUT2D eigenvalue weighted by Crippen LogP contribution is -2.48. The molecule has 1 fully saturated rings. The molecule has 0 unspecified atom stereocenters. The zero-order valence-corrected chi connectivity index (χ0v) is 18.7. The van der Waals surface area contributed by atoms with Crippen LogP contribution in [0.4, 0.5) is 0 Å². The Hall–Kier alpha value is -3.23. The normalized spacial score (nSPS) is 15.9. The van der Waals surface area contributed by atoms with Crippen LogP contribution in [0.1, 0.15) is 23.0 Å². The second kappa shape index (κ2) is 10.4. The zero-order valence-electron chi connectivity index (χ0n) is 18.7. The molecule has 8 nitrogen and oxygen atoms in total. The Morgan fingerprint density at radius 1 is 1.03 bits per heavy atom. The Labute approximate surface area is 189 Å². The Bertz CT molecular complexity index is 1010. The van der Waals surface area contributed by atoms with Crippen LogP contribution in [0.2, 0.25) is 0 Å². The standard InChI is InChI=1S/C24H30N6O2/c1-4-12-28-13-15-29(16-14-28)23(21-11-10-20(31-2)17-22(21)32-3)24-25-26-27-30(24)18-19-8-6-5-7-9-19/h4-11,17,23H,1,12-16,18H2,2-3H3/t23-/m1/s1. The Morgan fingerprint density at radius 2 is 1.81 bits per heavy atom. The van der Waals surface area contributed by atoms with Crippen molar-refractivity contribution in [1.82, 2.24) is 30.0 Å². The predicted octanol–water partition coefficient (Wildman–Crippen LogP) is 2.63. The minimum atomic E-state index is -0.138. The van der Waals surface area contributed by atoms with Crippen LogP contribution in [0.5, 0.6) is 11.5 Å². The highest BCUT2D eigenvalue weighted by Crippen LogP contribution is 2.36. The monoisotopic (exact) mass is 434 g/mol. The van der Waals surface area contributed by atoms with Gasteiger partial charge >= 0.3 is 0 Å². The van der Waals surface area contributed by atoms with Crippen molar-refractivity contribution in [2.75, 3.05) is 46.9 Å². The van der Waals surface area contributed by atoms with Gasteiger partial charge in [-0.2, -0.15) is 0 Å². The van der Waals surface area contributed by atoms with Gasteiger partial charge in [-0.15, -0.1) is 11.7 Å². The summed E-state index contributed by atoms with van der Waals surface area (Å²) in [6.45, 7) is 9.09. The van der Waals surface area contributed by atoms with E-state index in [1.807, 2.05) is 41.1 Å². The van der Waals surface area contributed by atoms with E-state index in [0.29, 0.717) is 6.54 Å². The number of ether oxygens (including phenoxy) is 2. The van der Waals surface area contributed by atoms with Crippen molar-refractivity contribution in [1.29, 1.82) is 0 Å². The van der Waals surface area contributed by atoms with Gasteiger partial charge in [-0.05, 0) is 28.1 Å². The molecular formula is C24H30N6O2. The number of methoxy groups -OCH3 is 2. The SMILES string of the molecule is C=CCN1CCN([C@H](c2ccc(OC)cc2OC)c2nnnn2Cc2ccccc2)CC1. The molecule has 1 aromatic heterocycles. The van der Waals surface area contributed by atoms with E-state index in [0.717, 1.165) is 61.2 Å². The summed E-state index contributed by atoms with van der Waals surface area (Å²) < 4.78 is 13.1. The molecule has 3 aromatic rings. The summed E-state index contributed by atoms with van der Waals surface area (Å²) in [7, 11) is 3.34. The van der Waals surface area contributed by atoms with Crippen molar-refractivity contribution in [3.8, 4) is 11.5 Å². The fourth-order valence-corrected chi connectivity index (χ4v) is 4.21. The third-order valence-electron chi connectivity index (χ3n) is 5.87. The van der Waals surface area contributed by atoms with Crippen LogP contribution in [-0.2, 0) is 6.54 Å². The molecular weight excluding hydrogens is 404 g/mol. The van der Waals surface area contributed by atoms with Crippen LogP contribution in [-0.4, -0.2) is 77.0 Å². The number of piperazine rings is 1. The first-order valence-electron chi connectivity index (χ1n) is 10.8. The van der Waals surface area contributed by atoms with Gasteiger partial charge < -0.3 is 9.47 Å². The number of tetrazole rings is 1. The lowest BCUT2D eigenvalue weighted by molar-refractivity contribution is 0.111. The Morgan fingerprint density at radius 3 is 2.50 bits per heavy atom. The van der Waals surface area contributed by atoms with Crippen molar-refractivity contribution in [3.05, 3.63) is 78.1 Å². The lowest BCUT2D eigenvalue weighted by Gasteiger charge is -2.38. The molecule has 0 amide bonds. The smallest absolute Gasteiger partial charge is 0.173 e. The number of hydrogen-bond acceptors (Lipinski definition) is 7. The Kier molecular flexibility index (Phi) is 7.14. The second-order valence-corrected chi connectivity index (χ2v) is 7.82. The summed E-state index contributed by atoms with van der Waals surface area (Å²) in [6, 6.07) is 16.0. The van der Waals surface area contributed by atoms with E-state index < -0.39 is 0 Å². The van der Waals surface area contributed by atoms with Crippen molar-refractivity contribution < 1.29 is 9.47 Å². The number of aromatic nitrogens is 4. The van der Waals surface area contributed by atoms with Gasteiger partial charge in [0, 0.05) is 44.4 Å². The molecule has 1 atom stereocenters. The highest BCUT2D eigenvalue weighted by atomic mass is 16.5. The molecule has 1 aliphatic rings. The largest absolute Gasteiger partial charge is 0.497 e. The maximum atomic E-state index is 5.77. The summed E-state index contributed by atoms with van der Waals surface area (Å²) in [5.41, 5.74) is 2.17. The summed E-state index contributed by atoms with van der Waals surface area (Å²) in [6.07, 6.45) is 1.96. The van der Waals surface area contributed by atoms with Gasteiger partial charge in [0.2, 0.25) is 0 Å². The highest BCUT2D eigenvalue weighted by molar-refractivity contribution is 5.44. The van der Waals surface area contributed by atoms with Crippen LogP contribution in [0.25, 0.3) is 0 Å². The zero-order chi connectivity index (χ0) is 22.3. The van der Waals surface area contributed by atoms with Gasteiger partial charge in [0.1, 0.15) is 17.5 Å². The van der Waals surface area contributed by atoms with Crippen LogP contribution in [0.3, 0.4) is 0 Å². The second-order valence-electron chi connectivity index (χ2n) is 7.82. The molecule has 1 saturated heterocycles. The first kappa shape index (κ1) is 22.0. The number of benzene rings is 2. The molecule has 8 heteroatoms. The Balaban J connectivity index is 1.71. The first-order valence-corrected chi connectivity index (χ1v) is 10.8. The minimum absolute atomic E-state index is 0.138. The van der Waals surface area contributed by atoms with E-state index in [1.54, 1.807) is 14.2 Å². The summed E-state index contributed by atoms with van der Waals surface area (Å²) in [5, 5.41) is 12.8. The maximum Gasteiger partial charge on any atom is 0.173 e. The molecule has 0 saturated carbocycles. The lowest BCUT2D eigenvalue weighted by atomic mass is 10.0. The number of rotatable bonds is 9. The molecule has 0 spiro atoms. The predicted molar refractivity (Wildman–Crippen MR) is 123 cm³/mol. The molecule has 2 aromatic carbocycles. The van der Waals surface area contributed by atoms with Gasteiger partial charge in [0.15, 0.2) is 5.82 Å². The third-order valence-corrected chi connectivity index (χ3v) is 5.87. The van der Waals surface area contributed by atoms with E-state index in [4.69, 9.17) is 9.47 Å². The van der Waals surface area contributed by atoms with Gasteiger partial charge in [-0.25, -0.2) is 4.68 Å². The first-order chi connectivity index (χ1) is 15.7. The molecule has 168 valence electrons. The van der Waals surface area contributed by atoms with Gasteiger partial charge in [0.25, 0.3) is 0 Å². The quantitative estimate of drug-likeness (QED) is 0.480. The number of hydrogen-bond donors (Lipinski definition) is 0. The fourth-order valence-electron chi connectivity index (χ4n) is 4.21. The molecule has 0 radical (unpaired) electrons. The van der Waals surface area contributed by atoms with Crippen molar-refractivity contribution in [2.45, 2.75) is 12.6 Å². The van der Waals surface area contributed by atoms with E-state index >= 15 is 0 Å². The van der Waals surface area contributed by atoms with E-state index in [1.165, 1.54) is 0 Å². The fraction of sp³-hybridized carbons (Fsp3) is 0.375. The van der Waals surface area contributed by atoms with E-state index in [-0.39, 0.29) is 6.04 Å². The van der Waals surface area contributed by atoms with E-state index in [9.17, 15) is 0 Å². The van der Waals surface area contributed by atoms with Crippen LogP contribution in [0.15, 0.2) is 61.2 Å². The molecule has 0 aliphatic carbocycles. The molecule has 1 aliphatic heterocycles. The average Bonchev–Trinajstić information content (AvgIpc) is 3.29. The summed E-state index contributed by atoms with van der Waals surface area (Å²) in [5.74, 6) is 2.32. The van der Waals surface area contributed by atoms with Crippen LogP contribution in [0, 0.1) is 0 Å². The molecule has 4 rings (SSSR count). The minimum Gasteiger partial charge on any atom is -0.497 e. The summed E-state index contributed by atoms with van der Waals surface area (Å²) >= 11 is 0. The molecule has 0 bridgehead atoms. The average molecular weight is 435 g/mol. The van der Waals surface area contributed by atoms with Gasteiger partial charge in [0.05, 0.1) is 20.8 Å². The van der Waals surface area contributed by atoms with Gasteiger partial charge in [-0.3, -0.25) is 9.80 Å². The van der Waals surface area contributed by atoms with Crippen molar-refractivity contribution in [3.63, 3.8) is 0 Å². The van der Waals surface area contributed by atoms with E-state index in [2.05, 4.69) is 50.1 Å². The van der Waals surface area contributed by atoms with Gasteiger partial charge in [-0.1, -0.05) is 36.4 Å². The number of nitrogens with zero attached hydrogens (tertiary/aromatic N) is 6. The maximum absolute atomic E-state index is 5.77. The summed E-state index contributed by atoms with van der Waals surface area (Å²) in [4.78, 5) is 4.83. The topological polar surface area (TPSA) is 68.5 Å². The van der Waals surface area contributed by atoms with Crippen molar-refractivity contribution in [2.24, 2.45) is 0 Å². The third kappa shape index (κ3) is 4.81. The molecule has 2 heterocycles. The molecule has 0 N–H and O–H groups in total. The van der Waals surface area contributed by atoms with Crippen LogP contribution >= 0.6 is 0 Å². The van der Waals surface area contributed by atoms with Crippen molar-refractivity contribution >= 4 is 0 Å². The highest BCUT2D eigenvalue weighted by Gasteiger charge is 2.32.